The Balaban J connectivity index is 2.97. The van der Waals surface area contributed by atoms with Crippen LogP contribution in [0.25, 0.3) is 0 Å². The lowest BCUT2D eigenvalue weighted by molar-refractivity contribution is -0.137. The van der Waals surface area contributed by atoms with Crippen LogP contribution in [-0.2, 0) is 9.59 Å². The van der Waals surface area contributed by atoms with Crippen molar-refractivity contribution in [1.82, 2.24) is 0 Å². The summed E-state index contributed by atoms with van der Waals surface area (Å²) >= 11 is 0. The number of aliphatic carboxylic acids is 1. The third-order valence-electron chi connectivity index (χ3n) is 3.47. The minimum absolute atomic E-state index is 0.0829. The number of nitrogens with zero attached hydrogens (tertiary/aromatic N) is 1. The maximum atomic E-state index is 12.6. The predicted molar refractivity (Wildman–Crippen MR) is 81.4 cm³/mol. The summed E-state index contributed by atoms with van der Waals surface area (Å²) in [6, 6.07) is 6.01. The average molecular weight is 293 g/mol. The second-order valence-corrected chi connectivity index (χ2v) is 5.08. The second kappa shape index (κ2) is 8.29. The van der Waals surface area contributed by atoms with E-state index in [-0.39, 0.29) is 24.1 Å². The topological polar surface area (TPSA) is 77.8 Å². The van der Waals surface area contributed by atoms with E-state index < -0.39 is 5.97 Å². The normalized spacial score (nSPS) is 11.9. The van der Waals surface area contributed by atoms with Gasteiger partial charge in [0.1, 0.15) is 12.3 Å². The first kappa shape index (κ1) is 17.0. The number of hydrogen-bond acceptors (Lipinski definition) is 3. The van der Waals surface area contributed by atoms with Crippen molar-refractivity contribution in [3.05, 3.63) is 24.3 Å². The molecule has 1 unspecified atom stereocenters. The molecule has 2 N–H and O–H groups in total. The first-order chi connectivity index (χ1) is 9.99. The molecular formula is C16H23NO4. The lowest BCUT2D eigenvalue weighted by atomic mass is 9.97. The largest absolute Gasteiger partial charge is 0.508 e. The monoisotopic (exact) mass is 293 g/mol. The zero-order chi connectivity index (χ0) is 15.8. The number of amides is 1. The van der Waals surface area contributed by atoms with E-state index in [2.05, 4.69) is 6.92 Å². The fraction of sp³-hybridized carbons (Fsp3) is 0.500. The number of carboxylic acids is 1. The molecule has 0 saturated carbocycles. The lowest BCUT2D eigenvalue weighted by Crippen LogP contribution is -2.39. The molecule has 0 aliphatic heterocycles. The molecule has 0 spiro atoms. The van der Waals surface area contributed by atoms with E-state index in [0.29, 0.717) is 12.1 Å². The molecule has 21 heavy (non-hydrogen) atoms. The van der Waals surface area contributed by atoms with E-state index in [1.807, 2.05) is 6.92 Å². The van der Waals surface area contributed by atoms with Crippen LogP contribution in [0.3, 0.4) is 0 Å². The molecule has 1 amide bonds. The second-order valence-electron chi connectivity index (χ2n) is 5.08. The zero-order valence-electron chi connectivity index (χ0n) is 12.6. The number of carbonyl (C=O) groups is 2. The summed E-state index contributed by atoms with van der Waals surface area (Å²) in [4.78, 5) is 24.9. The van der Waals surface area contributed by atoms with Crippen LogP contribution in [0.4, 0.5) is 5.69 Å². The molecule has 5 heteroatoms. The van der Waals surface area contributed by atoms with Crippen LogP contribution in [-0.4, -0.2) is 28.6 Å². The number of anilines is 1. The Labute approximate surface area is 125 Å². The molecule has 0 radical (unpaired) electrons. The number of aromatic hydroxyl groups is 1. The summed E-state index contributed by atoms with van der Waals surface area (Å²) in [5.74, 6) is -1.31. The van der Waals surface area contributed by atoms with Crippen LogP contribution in [0.1, 0.15) is 39.5 Å². The van der Waals surface area contributed by atoms with E-state index in [1.165, 1.54) is 17.0 Å². The Bertz CT molecular complexity index is 470. The van der Waals surface area contributed by atoms with Crippen molar-refractivity contribution in [2.24, 2.45) is 5.92 Å². The fourth-order valence-electron chi connectivity index (χ4n) is 2.24. The van der Waals surface area contributed by atoms with Gasteiger partial charge in [0.2, 0.25) is 5.91 Å². The van der Waals surface area contributed by atoms with Gasteiger partial charge in [0.25, 0.3) is 0 Å². The van der Waals surface area contributed by atoms with E-state index in [1.54, 1.807) is 12.1 Å². The number of phenolic OH excluding ortho intramolecular Hbond substituents is 1. The molecule has 0 aliphatic carbocycles. The maximum absolute atomic E-state index is 12.6. The molecule has 1 aromatic carbocycles. The SMILES string of the molecule is CCCCC(CC)C(=O)N(CC(=O)O)c1ccc(O)cc1. The fourth-order valence-corrected chi connectivity index (χ4v) is 2.24. The minimum atomic E-state index is -1.05. The van der Waals surface area contributed by atoms with Gasteiger partial charge in [-0.2, -0.15) is 0 Å². The van der Waals surface area contributed by atoms with Crippen molar-refractivity contribution in [2.75, 3.05) is 11.4 Å². The minimum Gasteiger partial charge on any atom is -0.508 e. The average Bonchev–Trinajstić information content (AvgIpc) is 2.46. The molecule has 0 bridgehead atoms. The van der Waals surface area contributed by atoms with Gasteiger partial charge in [-0.1, -0.05) is 26.7 Å². The quantitative estimate of drug-likeness (QED) is 0.772. The number of phenols is 1. The molecule has 116 valence electrons. The highest BCUT2D eigenvalue weighted by atomic mass is 16.4. The number of benzene rings is 1. The summed E-state index contributed by atoms with van der Waals surface area (Å²) in [5, 5.41) is 18.3. The highest BCUT2D eigenvalue weighted by Gasteiger charge is 2.25. The Morgan fingerprint density at radius 3 is 2.29 bits per heavy atom. The standard InChI is InChI=1S/C16H23NO4/c1-3-5-6-12(4-2)16(21)17(11-15(19)20)13-7-9-14(18)10-8-13/h7-10,12,18H,3-6,11H2,1-2H3,(H,19,20). The van der Waals surface area contributed by atoms with E-state index >= 15 is 0 Å². The highest BCUT2D eigenvalue weighted by molar-refractivity contribution is 5.98. The van der Waals surface area contributed by atoms with Gasteiger partial charge in [-0.15, -0.1) is 0 Å². The molecule has 0 fully saturated rings. The van der Waals surface area contributed by atoms with Crippen molar-refractivity contribution in [3.8, 4) is 5.75 Å². The van der Waals surface area contributed by atoms with Crippen LogP contribution >= 0.6 is 0 Å². The van der Waals surface area contributed by atoms with Crippen molar-refractivity contribution >= 4 is 17.6 Å². The molecule has 0 aliphatic rings. The predicted octanol–water partition coefficient (Wildman–Crippen LogP) is 3.03. The molecular weight excluding hydrogens is 270 g/mol. The van der Waals surface area contributed by atoms with Gasteiger partial charge in [0.15, 0.2) is 0 Å². The molecule has 1 rings (SSSR count). The van der Waals surface area contributed by atoms with E-state index in [4.69, 9.17) is 5.11 Å². The van der Waals surface area contributed by atoms with Crippen LogP contribution < -0.4 is 4.90 Å². The molecule has 5 nitrogen and oxygen atoms in total. The van der Waals surface area contributed by atoms with Crippen molar-refractivity contribution in [2.45, 2.75) is 39.5 Å². The van der Waals surface area contributed by atoms with Crippen molar-refractivity contribution in [3.63, 3.8) is 0 Å². The summed E-state index contributed by atoms with van der Waals surface area (Å²) in [5.41, 5.74) is 0.496. The summed E-state index contributed by atoms with van der Waals surface area (Å²) < 4.78 is 0. The van der Waals surface area contributed by atoms with Gasteiger partial charge in [-0.05, 0) is 37.1 Å². The third-order valence-corrected chi connectivity index (χ3v) is 3.47. The molecule has 0 saturated heterocycles. The van der Waals surface area contributed by atoms with Gasteiger partial charge in [0, 0.05) is 11.6 Å². The number of carbonyl (C=O) groups excluding carboxylic acids is 1. The van der Waals surface area contributed by atoms with Crippen LogP contribution in [0.2, 0.25) is 0 Å². The Hall–Kier alpha value is -2.04. The summed E-state index contributed by atoms with van der Waals surface area (Å²) in [6.45, 7) is 3.63. The molecule has 1 aromatic rings. The van der Waals surface area contributed by atoms with Gasteiger partial charge in [-0.3, -0.25) is 9.59 Å². The highest BCUT2D eigenvalue weighted by Crippen LogP contribution is 2.23. The Kier molecular flexibility index (Phi) is 6.72. The van der Waals surface area contributed by atoms with Gasteiger partial charge < -0.3 is 15.1 Å². The molecule has 1 atom stereocenters. The zero-order valence-corrected chi connectivity index (χ0v) is 12.6. The maximum Gasteiger partial charge on any atom is 0.323 e. The van der Waals surface area contributed by atoms with Crippen LogP contribution in [0.15, 0.2) is 24.3 Å². The molecule has 0 aromatic heterocycles. The summed E-state index contributed by atoms with van der Waals surface area (Å²) in [6.07, 6.45) is 3.40. The van der Waals surface area contributed by atoms with E-state index in [0.717, 1.165) is 19.3 Å². The number of rotatable bonds is 8. The van der Waals surface area contributed by atoms with Gasteiger partial charge >= 0.3 is 5.97 Å². The van der Waals surface area contributed by atoms with Crippen LogP contribution in [0, 0.1) is 5.92 Å². The Morgan fingerprint density at radius 2 is 1.81 bits per heavy atom. The number of carboxylic acid groups (broad SMARTS) is 1. The first-order valence-corrected chi connectivity index (χ1v) is 7.31. The smallest absolute Gasteiger partial charge is 0.323 e. The van der Waals surface area contributed by atoms with Crippen LogP contribution in [0.5, 0.6) is 5.75 Å². The van der Waals surface area contributed by atoms with Gasteiger partial charge in [0.05, 0.1) is 0 Å². The molecule has 0 heterocycles. The van der Waals surface area contributed by atoms with E-state index in [9.17, 15) is 14.7 Å². The summed E-state index contributed by atoms with van der Waals surface area (Å²) in [7, 11) is 0. The number of unbranched alkanes of at least 4 members (excludes halogenated alkanes) is 1. The van der Waals surface area contributed by atoms with Gasteiger partial charge in [-0.25, -0.2) is 0 Å². The van der Waals surface area contributed by atoms with Crippen molar-refractivity contribution < 1.29 is 19.8 Å². The lowest BCUT2D eigenvalue weighted by Gasteiger charge is -2.25. The Morgan fingerprint density at radius 1 is 1.19 bits per heavy atom. The third kappa shape index (κ3) is 5.10. The first-order valence-electron chi connectivity index (χ1n) is 7.31. The number of hydrogen-bond donors (Lipinski definition) is 2. The van der Waals surface area contributed by atoms with Crippen molar-refractivity contribution in [1.29, 1.82) is 0 Å².